The Kier molecular flexibility index (Phi) is 5.18. The van der Waals surface area contributed by atoms with Gasteiger partial charge in [-0.3, -0.25) is 0 Å². The molecule has 1 aliphatic rings. The largest absolute Gasteiger partial charge is 0.434 e. The molecule has 158 valence electrons. The molecule has 2 N–H and O–H groups in total. The molecule has 2 aromatic heterocycles. The fourth-order valence-corrected chi connectivity index (χ4v) is 3.54. The number of anilines is 2. The van der Waals surface area contributed by atoms with Gasteiger partial charge in [0.05, 0.1) is 12.6 Å². The van der Waals surface area contributed by atoms with Crippen LogP contribution in [0.3, 0.4) is 0 Å². The summed E-state index contributed by atoms with van der Waals surface area (Å²) in [6.45, 7) is 1.38. The Morgan fingerprint density at radius 1 is 1.30 bits per heavy atom. The highest BCUT2D eigenvalue weighted by Gasteiger charge is 2.31. The lowest BCUT2D eigenvalue weighted by Crippen LogP contribution is -2.25. The van der Waals surface area contributed by atoms with Gasteiger partial charge in [-0.05, 0) is 18.4 Å². The quantitative estimate of drug-likeness (QED) is 0.631. The Balaban J connectivity index is 1.56. The lowest BCUT2D eigenvalue weighted by Gasteiger charge is -2.27. The number of nitrogens with one attached hydrogen (secondary N) is 2. The summed E-state index contributed by atoms with van der Waals surface area (Å²) in [7, 11) is 0. The van der Waals surface area contributed by atoms with Crippen molar-refractivity contribution in [3.05, 3.63) is 64.0 Å². The van der Waals surface area contributed by atoms with Gasteiger partial charge in [0.25, 0.3) is 5.92 Å². The second-order valence-electron chi connectivity index (χ2n) is 7.08. The normalized spacial score (nSPS) is 16.8. The van der Waals surface area contributed by atoms with Crippen molar-refractivity contribution < 1.29 is 17.6 Å². The summed E-state index contributed by atoms with van der Waals surface area (Å²) >= 11 is 0. The first-order chi connectivity index (χ1) is 14.3. The molecule has 8 nitrogen and oxygen atoms in total. The van der Waals surface area contributed by atoms with E-state index in [9.17, 15) is 13.6 Å². The topological polar surface area (TPSA) is 99.9 Å². The highest BCUT2D eigenvalue weighted by molar-refractivity contribution is 5.53. The first kappa shape index (κ1) is 19.9. The number of hydrogen-bond donors (Lipinski definition) is 2. The summed E-state index contributed by atoms with van der Waals surface area (Å²) in [5.74, 6) is -4.16. The second kappa shape index (κ2) is 7.81. The van der Waals surface area contributed by atoms with E-state index in [1.165, 1.54) is 18.5 Å². The molecule has 3 heterocycles. The van der Waals surface area contributed by atoms with Gasteiger partial charge in [-0.2, -0.15) is 4.39 Å². The molecule has 1 atom stereocenters. The van der Waals surface area contributed by atoms with Gasteiger partial charge in [0.15, 0.2) is 11.6 Å². The first-order valence-corrected chi connectivity index (χ1v) is 9.36. The van der Waals surface area contributed by atoms with Gasteiger partial charge in [-0.15, -0.1) is 5.10 Å². The Morgan fingerprint density at radius 3 is 2.73 bits per heavy atom. The number of alkyl halides is 2. The van der Waals surface area contributed by atoms with Crippen LogP contribution in [0.5, 0.6) is 0 Å². The van der Waals surface area contributed by atoms with Crippen molar-refractivity contribution in [2.45, 2.75) is 38.3 Å². The summed E-state index contributed by atoms with van der Waals surface area (Å²) in [5.41, 5.74) is 0.742. The third-order valence-electron chi connectivity index (χ3n) is 4.99. The zero-order valence-electron chi connectivity index (χ0n) is 16.0. The van der Waals surface area contributed by atoms with Crippen LogP contribution in [0.25, 0.3) is 0 Å². The van der Waals surface area contributed by atoms with Crippen molar-refractivity contribution in [2.24, 2.45) is 0 Å². The highest BCUT2D eigenvalue weighted by atomic mass is 19.3. The smallest absolute Gasteiger partial charge is 0.391 e. The van der Waals surface area contributed by atoms with E-state index < -0.39 is 17.5 Å². The molecule has 0 amide bonds. The van der Waals surface area contributed by atoms with Gasteiger partial charge in [-0.25, -0.2) is 28.6 Å². The fraction of sp³-hybridized carbons (Fsp3) is 0.368. The minimum atomic E-state index is -2.92. The molecular formula is C19H19F3N6O2. The number of aromatic nitrogens is 4. The van der Waals surface area contributed by atoms with E-state index in [-0.39, 0.29) is 35.7 Å². The van der Waals surface area contributed by atoms with Crippen LogP contribution < -0.4 is 16.0 Å². The zero-order chi connectivity index (χ0) is 21.3. The lowest BCUT2D eigenvalue weighted by atomic mass is 10.0. The molecule has 11 heteroatoms. The van der Waals surface area contributed by atoms with E-state index in [1.54, 1.807) is 17.0 Å². The van der Waals surface area contributed by atoms with Crippen molar-refractivity contribution in [3.63, 3.8) is 0 Å². The third-order valence-corrected chi connectivity index (χ3v) is 4.99. The number of aromatic amines is 1. The van der Waals surface area contributed by atoms with Crippen molar-refractivity contribution in [1.29, 1.82) is 0 Å². The number of H-pyrrole nitrogens is 1. The Labute approximate surface area is 169 Å². The number of hydrogen-bond acceptors (Lipinski definition) is 7. The van der Waals surface area contributed by atoms with E-state index in [4.69, 9.17) is 4.42 Å². The number of halogens is 3. The molecule has 0 saturated carbocycles. The van der Waals surface area contributed by atoms with E-state index in [0.717, 1.165) is 25.3 Å². The van der Waals surface area contributed by atoms with Gasteiger partial charge < -0.3 is 14.6 Å². The van der Waals surface area contributed by atoms with E-state index >= 15 is 4.39 Å². The molecule has 1 fully saturated rings. The third kappa shape index (κ3) is 4.00. The monoisotopic (exact) mass is 420 g/mol. The molecule has 0 aliphatic carbocycles. The van der Waals surface area contributed by atoms with Crippen LogP contribution in [0.4, 0.5) is 24.8 Å². The summed E-state index contributed by atoms with van der Waals surface area (Å²) < 4.78 is 46.8. The van der Waals surface area contributed by atoms with E-state index in [0.29, 0.717) is 6.54 Å². The van der Waals surface area contributed by atoms with Gasteiger partial charge in [0.2, 0.25) is 11.7 Å². The van der Waals surface area contributed by atoms with E-state index in [1.807, 2.05) is 0 Å². The average molecular weight is 420 g/mol. The molecule has 1 saturated heterocycles. The lowest BCUT2D eigenvalue weighted by molar-refractivity contribution is 0.0174. The first-order valence-electron chi connectivity index (χ1n) is 9.36. The minimum absolute atomic E-state index is 0.0395. The maximum absolute atomic E-state index is 15.1. The van der Waals surface area contributed by atoms with Crippen LogP contribution in [-0.4, -0.2) is 26.7 Å². The molecule has 1 aromatic carbocycles. The number of rotatable bonds is 6. The van der Waals surface area contributed by atoms with Crippen molar-refractivity contribution in [3.8, 4) is 0 Å². The molecule has 0 spiro atoms. The highest BCUT2D eigenvalue weighted by Crippen LogP contribution is 2.38. The maximum atomic E-state index is 15.1. The fourth-order valence-electron chi connectivity index (χ4n) is 3.54. The molecule has 1 unspecified atom stereocenters. The van der Waals surface area contributed by atoms with Gasteiger partial charge in [0, 0.05) is 19.0 Å². The Morgan fingerprint density at radius 2 is 2.07 bits per heavy atom. The Bertz CT molecular complexity index is 1080. The van der Waals surface area contributed by atoms with E-state index in [2.05, 4.69) is 25.5 Å². The maximum Gasteiger partial charge on any atom is 0.434 e. The van der Waals surface area contributed by atoms with Gasteiger partial charge in [0.1, 0.15) is 6.33 Å². The van der Waals surface area contributed by atoms with Crippen LogP contribution in [-0.2, 0) is 12.5 Å². The van der Waals surface area contributed by atoms with Crippen LogP contribution in [0.1, 0.15) is 42.8 Å². The SMILES string of the molecule is CC(F)(F)c1ccc(C2CCCN2c2ncnc(NCc3n[nH]c(=O)o3)c2F)cc1. The Hall–Kier alpha value is -3.37. The summed E-state index contributed by atoms with van der Waals surface area (Å²) in [5, 5.41) is 8.49. The predicted molar refractivity (Wildman–Crippen MR) is 102 cm³/mol. The van der Waals surface area contributed by atoms with Gasteiger partial charge in [-0.1, -0.05) is 24.3 Å². The van der Waals surface area contributed by atoms with Crippen molar-refractivity contribution >= 4 is 11.6 Å². The molecule has 3 aromatic rings. The predicted octanol–water partition coefficient (Wildman–Crippen LogP) is 3.36. The molecule has 4 rings (SSSR count). The summed E-state index contributed by atoms with van der Waals surface area (Å²) in [4.78, 5) is 20.8. The van der Waals surface area contributed by atoms with Crippen LogP contribution in [0.2, 0.25) is 0 Å². The summed E-state index contributed by atoms with van der Waals surface area (Å²) in [6.07, 6.45) is 2.78. The molecule has 0 radical (unpaired) electrons. The molecule has 30 heavy (non-hydrogen) atoms. The zero-order valence-corrected chi connectivity index (χ0v) is 16.0. The second-order valence-corrected chi connectivity index (χ2v) is 7.08. The van der Waals surface area contributed by atoms with Crippen molar-refractivity contribution in [1.82, 2.24) is 20.2 Å². The minimum Gasteiger partial charge on any atom is -0.391 e. The molecule has 0 bridgehead atoms. The van der Waals surface area contributed by atoms with Crippen LogP contribution in [0, 0.1) is 5.82 Å². The number of nitrogens with zero attached hydrogens (tertiary/aromatic N) is 4. The van der Waals surface area contributed by atoms with Gasteiger partial charge >= 0.3 is 5.76 Å². The number of benzene rings is 1. The summed E-state index contributed by atoms with van der Waals surface area (Å²) in [6, 6.07) is 5.90. The standard InChI is InChI=1S/C19H19F3N6O2/c1-19(21,22)12-6-4-11(5-7-12)13-3-2-8-28(13)17-15(20)16(24-10-25-17)23-9-14-26-27-18(29)30-14/h4-7,10,13H,2-3,8-9H2,1H3,(H,27,29)(H,23,24,25). The van der Waals surface area contributed by atoms with Crippen LogP contribution in [0.15, 0.2) is 39.8 Å². The molecular weight excluding hydrogens is 401 g/mol. The van der Waals surface area contributed by atoms with Crippen LogP contribution >= 0.6 is 0 Å². The van der Waals surface area contributed by atoms with Crippen molar-refractivity contribution in [2.75, 3.05) is 16.8 Å². The average Bonchev–Trinajstić information content (AvgIpc) is 3.36. The molecule has 1 aliphatic heterocycles.